The van der Waals surface area contributed by atoms with E-state index in [1.54, 1.807) is 0 Å². The van der Waals surface area contributed by atoms with Crippen molar-refractivity contribution in [1.82, 2.24) is 0 Å². The summed E-state index contributed by atoms with van der Waals surface area (Å²) in [6.45, 7) is 4.41. The van der Waals surface area contributed by atoms with E-state index in [1.165, 1.54) is 24.1 Å². The lowest BCUT2D eigenvalue weighted by atomic mass is 9.89. The highest BCUT2D eigenvalue weighted by molar-refractivity contribution is 5.85. The topological polar surface area (TPSA) is 24.4 Å². The average molecular weight is 216 g/mol. The van der Waals surface area contributed by atoms with Crippen molar-refractivity contribution in [2.75, 3.05) is 5.43 Å². The zero-order chi connectivity index (χ0) is 11.4. The minimum atomic E-state index is 0.798. The van der Waals surface area contributed by atoms with Crippen molar-refractivity contribution in [3.8, 4) is 0 Å². The number of anilines is 1. The maximum Gasteiger partial charge on any atom is 0.0564 e. The van der Waals surface area contributed by atoms with Gasteiger partial charge in [-0.05, 0) is 56.2 Å². The van der Waals surface area contributed by atoms with Crippen LogP contribution in [0.3, 0.4) is 0 Å². The summed E-state index contributed by atoms with van der Waals surface area (Å²) in [6, 6.07) is 8.34. The van der Waals surface area contributed by atoms with Gasteiger partial charge in [-0.3, -0.25) is 5.43 Å². The SMILES string of the molecule is Cc1cccc(N/N=C2/CCC[C@@H](C)C2)c1. The largest absolute Gasteiger partial charge is 0.279 e. The molecule has 0 aliphatic heterocycles. The second-order valence-electron chi connectivity index (χ2n) is 4.86. The van der Waals surface area contributed by atoms with Gasteiger partial charge in [-0.1, -0.05) is 19.1 Å². The number of nitrogens with zero attached hydrogens (tertiary/aromatic N) is 1. The van der Waals surface area contributed by atoms with Crippen molar-refractivity contribution in [2.45, 2.75) is 39.5 Å². The Morgan fingerprint density at radius 3 is 3.00 bits per heavy atom. The molecule has 2 nitrogen and oxygen atoms in total. The summed E-state index contributed by atoms with van der Waals surface area (Å²) in [5.41, 5.74) is 6.84. The van der Waals surface area contributed by atoms with Crippen LogP contribution in [0.4, 0.5) is 5.69 Å². The lowest BCUT2D eigenvalue weighted by Gasteiger charge is -2.19. The lowest BCUT2D eigenvalue weighted by Crippen LogP contribution is -2.13. The van der Waals surface area contributed by atoms with Gasteiger partial charge >= 0.3 is 0 Å². The quantitative estimate of drug-likeness (QED) is 0.743. The van der Waals surface area contributed by atoms with Gasteiger partial charge in [0, 0.05) is 5.71 Å². The van der Waals surface area contributed by atoms with E-state index in [-0.39, 0.29) is 0 Å². The third-order valence-electron chi connectivity index (χ3n) is 3.11. The van der Waals surface area contributed by atoms with Crippen LogP contribution in [0.2, 0.25) is 0 Å². The summed E-state index contributed by atoms with van der Waals surface area (Å²) < 4.78 is 0. The molecule has 1 atom stereocenters. The number of nitrogens with one attached hydrogen (secondary N) is 1. The Bertz CT molecular complexity index is 382. The molecule has 0 bridgehead atoms. The molecule has 2 heteroatoms. The normalized spacial score (nSPS) is 23.4. The Balaban J connectivity index is 1.97. The van der Waals surface area contributed by atoms with Gasteiger partial charge < -0.3 is 0 Å². The van der Waals surface area contributed by atoms with Gasteiger partial charge in [0.15, 0.2) is 0 Å². The molecule has 2 rings (SSSR count). The van der Waals surface area contributed by atoms with Gasteiger partial charge in [-0.2, -0.15) is 5.10 Å². The van der Waals surface area contributed by atoms with E-state index < -0.39 is 0 Å². The van der Waals surface area contributed by atoms with Crippen molar-refractivity contribution in [1.29, 1.82) is 0 Å². The molecule has 0 spiro atoms. The Kier molecular flexibility index (Phi) is 3.60. The van der Waals surface area contributed by atoms with Gasteiger partial charge in [-0.15, -0.1) is 0 Å². The highest BCUT2D eigenvalue weighted by Gasteiger charge is 2.13. The second kappa shape index (κ2) is 5.15. The van der Waals surface area contributed by atoms with Crippen molar-refractivity contribution >= 4 is 11.4 Å². The van der Waals surface area contributed by atoms with Crippen LogP contribution in [-0.2, 0) is 0 Å². The van der Waals surface area contributed by atoms with Gasteiger partial charge in [0.2, 0.25) is 0 Å². The molecule has 1 N–H and O–H groups in total. The second-order valence-corrected chi connectivity index (χ2v) is 4.86. The molecular formula is C14H20N2. The lowest BCUT2D eigenvalue weighted by molar-refractivity contribution is 0.500. The maximum absolute atomic E-state index is 4.51. The molecule has 1 aliphatic carbocycles. The number of hydrogen-bond acceptors (Lipinski definition) is 2. The van der Waals surface area contributed by atoms with Crippen LogP contribution in [0.25, 0.3) is 0 Å². The molecule has 0 unspecified atom stereocenters. The van der Waals surface area contributed by atoms with Crippen molar-refractivity contribution in [3.63, 3.8) is 0 Å². The molecule has 0 amide bonds. The molecule has 1 fully saturated rings. The minimum Gasteiger partial charge on any atom is -0.279 e. The molecule has 1 saturated carbocycles. The third kappa shape index (κ3) is 3.09. The van der Waals surface area contributed by atoms with Crippen LogP contribution in [0.1, 0.15) is 38.2 Å². The molecule has 86 valence electrons. The summed E-state index contributed by atoms with van der Waals surface area (Å²) in [5, 5.41) is 4.51. The average Bonchev–Trinajstić information content (AvgIpc) is 2.27. The summed E-state index contributed by atoms with van der Waals surface area (Å²) in [4.78, 5) is 0. The van der Waals surface area contributed by atoms with Gasteiger partial charge in [0.1, 0.15) is 0 Å². The summed E-state index contributed by atoms with van der Waals surface area (Å²) in [5.74, 6) is 0.798. The zero-order valence-corrected chi connectivity index (χ0v) is 10.2. The first kappa shape index (κ1) is 11.2. The fraction of sp³-hybridized carbons (Fsp3) is 0.500. The fourth-order valence-corrected chi connectivity index (χ4v) is 2.22. The van der Waals surface area contributed by atoms with Crippen LogP contribution >= 0.6 is 0 Å². The van der Waals surface area contributed by atoms with Crippen molar-refractivity contribution in [3.05, 3.63) is 29.8 Å². The number of benzene rings is 1. The standard InChI is InChI=1S/C14H20N2/c1-11-5-3-7-13(9-11)15-16-14-8-4-6-12(2)10-14/h3,5,7,9,12,15H,4,6,8,10H2,1-2H3/b16-14-/t12-/m1/s1. The highest BCUT2D eigenvalue weighted by Crippen LogP contribution is 2.21. The third-order valence-corrected chi connectivity index (χ3v) is 3.11. The van der Waals surface area contributed by atoms with Crippen LogP contribution in [0.5, 0.6) is 0 Å². The molecule has 0 saturated heterocycles. The van der Waals surface area contributed by atoms with E-state index in [0.717, 1.165) is 24.4 Å². The monoisotopic (exact) mass is 216 g/mol. The smallest absolute Gasteiger partial charge is 0.0564 e. The molecule has 1 aliphatic rings. The molecular weight excluding hydrogens is 196 g/mol. The summed E-state index contributed by atoms with van der Waals surface area (Å²) in [6.07, 6.45) is 4.95. The molecule has 1 aromatic rings. The highest BCUT2D eigenvalue weighted by atomic mass is 15.3. The van der Waals surface area contributed by atoms with Crippen molar-refractivity contribution in [2.24, 2.45) is 11.0 Å². The van der Waals surface area contributed by atoms with E-state index in [0.29, 0.717) is 0 Å². The fourth-order valence-electron chi connectivity index (χ4n) is 2.22. The summed E-state index contributed by atoms with van der Waals surface area (Å²) in [7, 11) is 0. The molecule has 0 heterocycles. The number of hydrogen-bond donors (Lipinski definition) is 1. The van der Waals surface area contributed by atoms with Gasteiger partial charge in [-0.25, -0.2) is 0 Å². The minimum absolute atomic E-state index is 0.798. The first-order valence-corrected chi connectivity index (χ1v) is 6.12. The van der Waals surface area contributed by atoms with Gasteiger partial charge in [0.25, 0.3) is 0 Å². The maximum atomic E-state index is 4.51. The first-order chi connectivity index (χ1) is 7.74. The van der Waals surface area contributed by atoms with E-state index >= 15 is 0 Å². The molecule has 16 heavy (non-hydrogen) atoms. The Hall–Kier alpha value is -1.31. The first-order valence-electron chi connectivity index (χ1n) is 6.12. The van der Waals surface area contributed by atoms with E-state index in [9.17, 15) is 0 Å². The molecule has 0 aromatic heterocycles. The van der Waals surface area contributed by atoms with Crippen LogP contribution < -0.4 is 5.43 Å². The van der Waals surface area contributed by atoms with Gasteiger partial charge in [0.05, 0.1) is 5.69 Å². The van der Waals surface area contributed by atoms with Crippen LogP contribution in [0, 0.1) is 12.8 Å². The van der Waals surface area contributed by atoms with E-state index in [2.05, 4.69) is 48.6 Å². The predicted octanol–water partition coefficient (Wildman–Crippen LogP) is 3.97. The molecule has 0 radical (unpaired) electrons. The van der Waals surface area contributed by atoms with Crippen molar-refractivity contribution < 1.29 is 0 Å². The number of rotatable bonds is 2. The number of hydrazone groups is 1. The Morgan fingerprint density at radius 2 is 2.25 bits per heavy atom. The van der Waals surface area contributed by atoms with Crippen LogP contribution in [-0.4, -0.2) is 5.71 Å². The number of aryl methyl sites for hydroxylation is 1. The van der Waals surface area contributed by atoms with Crippen LogP contribution in [0.15, 0.2) is 29.4 Å². The summed E-state index contributed by atoms with van der Waals surface area (Å²) >= 11 is 0. The Labute approximate surface area is 97.8 Å². The molecule has 1 aromatic carbocycles. The van der Waals surface area contributed by atoms with E-state index in [1.807, 2.05) is 0 Å². The zero-order valence-electron chi connectivity index (χ0n) is 10.2. The Morgan fingerprint density at radius 1 is 1.38 bits per heavy atom. The predicted molar refractivity (Wildman–Crippen MR) is 69.9 cm³/mol. The van der Waals surface area contributed by atoms with E-state index in [4.69, 9.17) is 0 Å².